The van der Waals surface area contributed by atoms with Gasteiger partial charge >= 0.3 is 0 Å². The summed E-state index contributed by atoms with van der Waals surface area (Å²) in [6.07, 6.45) is 1.18. The minimum absolute atomic E-state index is 0. The Labute approximate surface area is 144 Å². The van der Waals surface area contributed by atoms with Gasteiger partial charge in [0.2, 0.25) is 0 Å². The third kappa shape index (κ3) is 5.45. The Hall–Kier alpha value is -0.850. The molecule has 1 aromatic rings. The Morgan fingerprint density at radius 3 is 2.76 bits per heavy atom. The number of rotatable bonds is 3. The maximum Gasteiger partial charge on any atom is 0.194 e. The first-order chi connectivity index (χ1) is 9.50. The number of aliphatic imine (C=N–C) groups is 1. The molecule has 0 radical (unpaired) electrons. The Bertz CT molecular complexity index is 488. The van der Waals surface area contributed by atoms with E-state index in [0.29, 0.717) is 12.0 Å². The van der Waals surface area contributed by atoms with Crippen LogP contribution in [0.1, 0.15) is 32.8 Å². The number of hydrogen-bond donors (Lipinski definition) is 1. The van der Waals surface area contributed by atoms with E-state index in [1.807, 2.05) is 6.07 Å². The number of nitrogens with one attached hydrogen (secondary N) is 1. The quantitative estimate of drug-likeness (QED) is 0.473. The predicted molar refractivity (Wildman–Crippen MR) is 96.6 cm³/mol. The summed E-state index contributed by atoms with van der Waals surface area (Å²) in [6, 6.07) is 6.64. The Balaban J connectivity index is 0.00000220. The molecule has 0 aliphatic carbocycles. The largest absolute Gasteiger partial charge is 0.357 e. The summed E-state index contributed by atoms with van der Waals surface area (Å²) in [7, 11) is 0. The average Bonchev–Trinajstić information content (AvgIpc) is 2.75. The SMILES string of the molecule is CCNC(=NCc1cccc(F)c1)N1CCC(C)(C)C1.I. The average molecular weight is 405 g/mol. The maximum absolute atomic E-state index is 13.2. The molecule has 1 fully saturated rings. The van der Waals surface area contributed by atoms with Gasteiger partial charge in [0, 0.05) is 19.6 Å². The normalized spacial score (nSPS) is 17.5. The van der Waals surface area contributed by atoms with Crippen molar-refractivity contribution in [3.63, 3.8) is 0 Å². The monoisotopic (exact) mass is 405 g/mol. The lowest BCUT2D eigenvalue weighted by Crippen LogP contribution is -2.40. The van der Waals surface area contributed by atoms with Crippen LogP contribution in [0.2, 0.25) is 0 Å². The first-order valence-corrected chi connectivity index (χ1v) is 7.28. The third-order valence-electron chi connectivity index (χ3n) is 3.61. The van der Waals surface area contributed by atoms with Crippen molar-refractivity contribution in [3.05, 3.63) is 35.6 Å². The van der Waals surface area contributed by atoms with E-state index in [1.165, 1.54) is 12.5 Å². The van der Waals surface area contributed by atoms with Gasteiger partial charge in [-0.05, 0) is 36.5 Å². The van der Waals surface area contributed by atoms with Crippen LogP contribution in [0.4, 0.5) is 4.39 Å². The molecule has 1 saturated heterocycles. The molecule has 1 aliphatic heterocycles. The molecule has 3 nitrogen and oxygen atoms in total. The highest BCUT2D eigenvalue weighted by molar-refractivity contribution is 14.0. The molecular formula is C16H25FIN3. The summed E-state index contributed by atoms with van der Waals surface area (Å²) < 4.78 is 13.2. The van der Waals surface area contributed by atoms with Gasteiger partial charge in [0.05, 0.1) is 6.54 Å². The van der Waals surface area contributed by atoms with E-state index in [2.05, 4.69) is 36.0 Å². The van der Waals surface area contributed by atoms with Gasteiger partial charge in [0.15, 0.2) is 5.96 Å². The molecule has 21 heavy (non-hydrogen) atoms. The maximum atomic E-state index is 13.2. The highest BCUT2D eigenvalue weighted by atomic mass is 127. The van der Waals surface area contributed by atoms with Crippen molar-refractivity contribution < 1.29 is 4.39 Å². The fourth-order valence-corrected chi connectivity index (χ4v) is 2.52. The number of nitrogens with zero attached hydrogens (tertiary/aromatic N) is 2. The summed E-state index contributed by atoms with van der Waals surface area (Å²) in [5.41, 5.74) is 1.24. The smallest absolute Gasteiger partial charge is 0.194 e. The Kier molecular flexibility index (Phi) is 6.90. The van der Waals surface area contributed by atoms with Crippen LogP contribution in [0.15, 0.2) is 29.3 Å². The van der Waals surface area contributed by atoms with Crippen molar-refractivity contribution in [3.8, 4) is 0 Å². The van der Waals surface area contributed by atoms with Crippen molar-refractivity contribution in [1.29, 1.82) is 0 Å². The van der Waals surface area contributed by atoms with Crippen molar-refractivity contribution in [2.75, 3.05) is 19.6 Å². The molecule has 1 heterocycles. The second-order valence-corrected chi connectivity index (χ2v) is 6.14. The van der Waals surface area contributed by atoms with E-state index >= 15 is 0 Å². The second kappa shape index (κ2) is 7.96. The molecule has 2 rings (SSSR count). The van der Waals surface area contributed by atoms with E-state index in [9.17, 15) is 4.39 Å². The minimum atomic E-state index is -0.204. The van der Waals surface area contributed by atoms with Gasteiger partial charge in [0.1, 0.15) is 5.82 Å². The molecule has 0 unspecified atom stereocenters. The fourth-order valence-electron chi connectivity index (χ4n) is 2.52. The van der Waals surface area contributed by atoms with Crippen LogP contribution < -0.4 is 5.32 Å². The summed E-state index contributed by atoms with van der Waals surface area (Å²) in [6.45, 7) is 10.0. The number of benzene rings is 1. The number of guanidine groups is 1. The standard InChI is InChI=1S/C16H24FN3.HI/c1-4-18-15(20-9-8-16(2,3)12-20)19-11-13-6-5-7-14(17)10-13;/h5-7,10H,4,8-9,11-12H2,1-3H3,(H,18,19);1H. The van der Waals surface area contributed by atoms with Crippen LogP contribution in [-0.4, -0.2) is 30.5 Å². The van der Waals surface area contributed by atoms with Crippen molar-refractivity contribution in [2.24, 2.45) is 10.4 Å². The minimum Gasteiger partial charge on any atom is -0.357 e. The molecule has 0 saturated carbocycles. The van der Waals surface area contributed by atoms with Gasteiger partial charge in [0.25, 0.3) is 0 Å². The third-order valence-corrected chi connectivity index (χ3v) is 3.61. The molecule has 1 aromatic carbocycles. The summed E-state index contributed by atoms with van der Waals surface area (Å²) >= 11 is 0. The number of hydrogen-bond acceptors (Lipinski definition) is 1. The van der Waals surface area contributed by atoms with Crippen LogP contribution in [0, 0.1) is 11.2 Å². The van der Waals surface area contributed by atoms with E-state index in [4.69, 9.17) is 0 Å². The zero-order valence-electron chi connectivity index (χ0n) is 13.0. The topological polar surface area (TPSA) is 27.6 Å². The molecule has 118 valence electrons. The predicted octanol–water partition coefficient (Wildman–Crippen LogP) is 3.64. The van der Waals surface area contributed by atoms with Crippen LogP contribution in [0.25, 0.3) is 0 Å². The lowest BCUT2D eigenvalue weighted by atomic mass is 9.93. The molecule has 0 amide bonds. The summed E-state index contributed by atoms with van der Waals surface area (Å²) in [4.78, 5) is 6.93. The van der Waals surface area contributed by atoms with Crippen LogP contribution in [0.3, 0.4) is 0 Å². The molecule has 1 N–H and O–H groups in total. The second-order valence-electron chi connectivity index (χ2n) is 6.14. The van der Waals surface area contributed by atoms with Gasteiger partial charge in [-0.2, -0.15) is 0 Å². The van der Waals surface area contributed by atoms with Crippen LogP contribution in [0.5, 0.6) is 0 Å². The highest BCUT2D eigenvalue weighted by Gasteiger charge is 2.30. The van der Waals surface area contributed by atoms with Crippen molar-refractivity contribution >= 4 is 29.9 Å². The summed E-state index contributed by atoms with van der Waals surface area (Å²) in [5.74, 6) is 0.729. The van der Waals surface area contributed by atoms with Gasteiger partial charge in [-0.3, -0.25) is 0 Å². The molecule has 0 spiro atoms. The Morgan fingerprint density at radius 1 is 1.43 bits per heavy atom. The number of halogens is 2. The molecular weight excluding hydrogens is 380 g/mol. The van der Waals surface area contributed by atoms with Crippen molar-refractivity contribution in [2.45, 2.75) is 33.7 Å². The Morgan fingerprint density at radius 2 is 2.19 bits per heavy atom. The zero-order valence-corrected chi connectivity index (χ0v) is 15.4. The van der Waals surface area contributed by atoms with E-state index in [0.717, 1.165) is 31.2 Å². The molecule has 1 aliphatic rings. The lowest BCUT2D eigenvalue weighted by molar-refractivity contribution is 0.370. The van der Waals surface area contributed by atoms with Gasteiger partial charge in [-0.1, -0.05) is 26.0 Å². The van der Waals surface area contributed by atoms with E-state index < -0.39 is 0 Å². The van der Waals surface area contributed by atoms with Crippen LogP contribution >= 0.6 is 24.0 Å². The molecule has 0 aromatic heterocycles. The first kappa shape index (κ1) is 18.2. The fraction of sp³-hybridized carbons (Fsp3) is 0.562. The van der Waals surface area contributed by atoms with Gasteiger partial charge in [-0.15, -0.1) is 24.0 Å². The zero-order chi connectivity index (χ0) is 14.6. The molecule has 0 bridgehead atoms. The lowest BCUT2D eigenvalue weighted by Gasteiger charge is -2.23. The van der Waals surface area contributed by atoms with Gasteiger partial charge in [-0.25, -0.2) is 9.38 Å². The highest BCUT2D eigenvalue weighted by Crippen LogP contribution is 2.28. The van der Waals surface area contributed by atoms with Gasteiger partial charge < -0.3 is 10.2 Å². The van der Waals surface area contributed by atoms with Crippen LogP contribution in [-0.2, 0) is 6.54 Å². The summed E-state index contributed by atoms with van der Waals surface area (Å²) in [5, 5.41) is 3.33. The number of likely N-dealkylation sites (tertiary alicyclic amines) is 1. The molecule has 0 atom stereocenters. The first-order valence-electron chi connectivity index (χ1n) is 7.28. The van der Waals surface area contributed by atoms with E-state index in [-0.39, 0.29) is 29.8 Å². The van der Waals surface area contributed by atoms with E-state index in [1.54, 1.807) is 12.1 Å². The van der Waals surface area contributed by atoms with Crippen molar-refractivity contribution in [1.82, 2.24) is 10.2 Å². The molecule has 5 heteroatoms.